The van der Waals surface area contributed by atoms with Crippen molar-refractivity contribution in [2.24, 2.45) is 0 Å². The zero-order valence-electron chi connectivity index (χ0n) is 15.2. The van der Waals surface area contributed by atoms with Crippen molar-refractivity contribution in [1.29, 1.82) is 0 Å². The van der Waals surface area contributed by atoms with Gasteiger partial charge >= 0.3 is 11.4 Å². The molecule has 0 spiro atoms. The summed E-state index contributed by atoms with van der Waals surface area (Å²) in [5.41, 5.74) is 0.448. The molecule has 2 aromatic heterocycles. The number of rotatable bonds is 3. The lowest BCUT2D eigenvalue weighted by molar-refractivity contribution is 0.103. The molecule has 0 fully saturated rings. The highest BCUT2D eigenvalue weighted by molar-refractivity contribution is 6.09. The van der Waals surface area contributed by atoms with Gasteiger partial charge in [0.25, 0.3) is 0 Å². The number of nitrogens with zero attached hydrogens (tertiary/aromatic N) is 3. The van der Waals surface area contributed by atoms with Gasteiger partial charge in [-0.1, -0.05) is 66.7 Å². The summed E-state index contributed by atoms with van der Waals surface area (Å²) >= 11 is 0. The lowest BCUT2D eigenvalue weighted by Gasteiger charge is -2.08. The monoisotopic (exact) mass is 381 g/mol. The number of carbonyl (C=O) groups excluding carboxylic acids is 1. The Morgan fingerprint density at radius 3 is 1.97 bits per heavy atom. The number of para-hydroxylation sites is 2. The summed E-state index contributed by atoms with van der Waals surface area (Å²) < 4.78 is 3.50. The normalized spacial score (nSPS) is 11.2. The molecular formula is C23H15N3O3. The molecule has 2 heterocycles. The van der Waals surface area contributed by atoms with E-state index in [0.29, 0.717) is 22.2 Å². The number of aromatic nitrogens is 3. The lowest BCUT2D eigenvalue weighted by Crippen LogP contribution is -2.26. The topological polar surface area (TPSA) is 65.0 Å². The van der Waals surface area contributed by atoms with Crippen LogP contribution in [0.5, 0.6) is 0 Å². The molecule has 0 amide bonds. The minimum Gasteiger partial charge on any atom is -0.287 e. The zero-order chi connectivity index (χ0) is 20.0. The van der Waals surface area contributed by atoms with Crippen LogP contribution in [-0.4, -0.2) is 19.4 Å². The summed E-state index contributed by atoms with van der Waals surface area (Å²) in [6.07, 6.45) is 0. The van der Waals surface area contributed by atoms with E-state index >= 15 is 0 Å². The SMILES string of the molecule is O=C(c1ccccc1)c1cc2ccccc2n2c(=O)n(-c3ccccc3)c(=O)n12. The van der Waals surface area contributed by atoms with Crippen molar-refractivity contribution in [3.63, 3.8) is 0 Å². The molecule has 0 bridgehead atoms. The van der Waals surface area contributed by atoms with E-state index in [1.165, 1.54) is 4.52 Å². The van der Waals surface area contributed by atoms with E-state index in [1.54, 1.807) is 66.7 Å². The van der Waals surface area contributed by atoms with Crippen LogP contribution in [-0.2, 0) is 0 Å². The molecule has 0 saturated carbocycles. The fraction of sp³-hybridized carbons (Fsp3) is 0. The van der Waals surface area contributed by atoms with Crippen LogP contribution >= 0.6 is 0 Å². The fourth-order valence-corrected chi connectivity index (χ4v) is 3.57. The van der Waals surface area contributed by atoms with Gasteiger partial charge in [0.05, 0.1) is 11.2 Å². The third-order valence-corrected chi connectivity index (χ3v) is 4.91. The Labute approximate surface area is 164 Å². The molecule has 140 valence electrons. The van der Waals surface area contributed by atoms with Crippen LogP contribution in [0.25, 0.3) is 16.6 Å². The smallest absolute Gasteiger partial charge is 0.287 e. The number of ketones is 1. The quantitative estimate of drug-likeness (QED) is 0.452. The van der Waals surface area contributed by atoms with E-state index < -0.39 is 11.4 Å². The molecule has 0 atom stereocenters. The second-order valence-corrected chi connectivity index (χ2v) is 6.64. The third kappa shape index (κ3) is 2.54. The molecule has 29 heavy (non-hydrogen) atoms. The van der Waals surface area contributed by atoms with E-state index in [9.17, 15) is 14.4 Å². The van der Waals surface area contributed by atoms with Gasteiger partial charge in [0.2, 0.25) is 5.78 Å². The maximum absolute atomic E-state index is 13.3. The zero-order valence-corrected chi connectivity index (χ0v) is 15.2. The molecule has 0 aliphatic heterocycles. The molecule has 5 aromatic rings. The Morgan fingerprint density at radius 2 is 1.24 bits per heavy atom. The van der Waals surface area contributed by atoms with Crippen molar-refractivity contribution in [1.82, 2.24) is 13.6 Å². The Bertz CT molecular complexity index is 1490. The highest BCUT2D eigenvalue weighted by Crippen LogP contribution is 2.17. The van der Waals surface area contributed by atoms with Crippen LogP contribution in [0.3, 0.4) is 0 Å². The minimum atomic E-state index is -0.591. The summed E-state index contributed by atoms with van der Waals surface area (Å²) in [6, 6.07) is 26.2. The van der Waals surface area contributed by atoms with Crippen LogP contribution in [0.4, 0.5) is 0 Å². The minimum absolute atomic E-state index is 0.131. The van der Waals surface area contributed by atoms with Gasteiger partial charge in [0.1, 0.15) is 5.69 Å². The number of benzene rings is 3. The second-order valence-electron chi connectivity index (χ2n) is 6.64. The van der Waals surface area contributed by atoms with E-state index in [-0.39, 0.29) is 11.5 Å². The first-order valence-corrected chi connectivity index (χ1v) is 9.10. The third-order valence-electron chi connectivity index (χ3n) is 4.91. The molecule has 0 aliphatic rings. The molecule has 6 nitrogen and oxygen atoms in total. The van der Waals surface area contributed by atoms with E-state index in [2.05, 4.69) is 0 Å². The molecular weight excluding hydrogens is 366 g/mol. The maximum Gasteiger partial charge on any atom is 0.357 e. The van der Waals surface area contributed by atoms with E-state index in [1.807, 2.05) is 24.3 Å². The van der Waals surface area contributed by atoms with Gasteiger partial charge in [-0.25, -0.2) is 14.2 Å². The molecule has 0 N–H and O–H groups in total. The fourth-order valence-electron chi connectivity index (χ4n) is 3.57. The molecule has 0 saturated heterocycles. The van der Waals surface area contributed by atoms with Gasteiger partial charge in [-0.3, -0.25) is 4.79 Å². The van der Waals surface area contributed by atoms with Gasteiger partial charge < -0.3 is 0 Å². The number of hydrogen-bond acceptors (Lipinski definition) is 3. The predicted octanol–water partition coefficient (Wildman–Crippen LogP) is 2.93. The van der Waals surface area contributed by atoms with Crippen LogP contribution in [0, 0.1) is 0 Å². The van der Waals surface area contributed by atoms with Crippen LogP contribution in [0.1, 0.15) is 16.1 Å². The highest BCUT2D eigenvalue weighted by Gasteiger charge is 2.22. The Morgan fingerprint density at radius 1 is 0.655 bits per heavy atom. The van der Waals surface area contributed by atoms with Crippen LogP contribution in [0.2, 0.25) is 0 Å². The summed E-state index contributed by atoms with van der Waals surface area (Å²) in [6.45, 7) is 0. The van der Waals surface area contributed by atoms with E-state index in [4.69, 9.17) is 0 Å². The van der Waals surface area contributed by atoms with Crippen LogP contribution < -0.4 is 11.4 Å². The first-order valence-electron chi connectivity index (χ1n) is 9.10. The summed E-state index contributed by atoms with van der Waals surface area (Å²) in [5, 5.41) is 0.694. The largest absolute Gasteiger partial charge is 0.357 e. The highest BCUT2D eigenvalue weighted by atomic mass is 16.2. The average molecular weight is 381 g/mol. The number of carbonyl (C=O) groups is 1. The predicted molar refractivity (Wildman–Crippen MR) is 110 cm³/mol. The van der Waals surface area contributed by atoms with Crippen molar-refractivity contribution in [2.75, 3.05) is 0 Å². The maximum atomic E-state index is 13.3. The van der Waals surface area contributed by atoms with Gasteiger partial charge in [0, 0.05) is 10.9 Å². The van der Waals surface area contributed by atoms with E-state index in [0.717, 1.165) is 9.08 Å². The first-order chi connectivity index (χ1) is 14.2. The average Bonchev–Trinajstić information content (AvgIpc) is 3.04. The summed E-state index contributed by atoms with van der Waals surface area (Å²) in [7, 11) is 0. The van der Waals surface area contributed by atoms with Crippen molar-refractivity contribution >= 4 is 16.7 Å². The molecule has 0 radical (unpaired) electrons. The van der Waals surface area contributed by atoms with Crippen molar-refractivity contribution in [3.05, 3.63) is 123 Å². The number of fused-ring (bicyclic) bond motifs is 3. The van der Waals surface area contributed by atoms with Crippen molar-refractivity contribution in [3.8, 4) is 5.69 Å². The van der Waals surface area contributed by atoms with Gasteiger partial charge in [-0.05, 0) is 24.3 Å². The molecule has 0 aliphatic carbocycles. The Balaban J connectivity index is 1.95. The van der Waals surface area contributed by atoms with Gasteiger partial charge in [0.15, 0.2) is 0 Å². The molecule has 3 aromatic carbocycles. The van der Waals surface area contributed by atoms with Crippen molar-refractivity contribution < 1.29 is 4.79 Å². The Kier molecular flexibility index (Phi) is 3.77. The molecule has 6 heteroatoms. The van der Waals surface area contributed by atoms with Crippen molar-refractivity contribution in [2.45, 2.75) is 0 Å². The molecule has 0 unspecified atom stereocenters. The Hall–Kier alpha value is -4.19. The first kappa shape index (κ1) is 16.9. The standard InChI is InChI=1S/C23H15N3O3/c27-21(16-9-3-1-4-10-16)20-15-17-11-7-8-14-19(17)25-22(28)24(23(29)26(20)25)18-12-5-2-6-13-18/h1-15H. The lowest BCUT2D eigenvalue weighted by atomic mass is 10.1. The number of hydrogen-bond donors (Lipinski definition) is 0. The van der Waals surface area contributed by atoms with Gasteiger partial charge in [-0.15, -0.1) is 0 Å². The molecule has 5 rings (SSSR count). The van der Waals surface area contributed by atoms with Crippen LogP contribution in [0.15, 0.2) is 101 Å². The summed E-state index contributed by atoms with van der Waals surface area (Å²) in [5.74, 6) is -0.332. The second kappa shape index (κ2) is 6.45. The summed E-state index contributed by atoms with van der Waals surface area (Å²) in [4.78, 5) is 39.8. The van der Waals surface area contributed by atoms with Gasteiger partial charge in [-0.2, -0.15) is 9.03 Å².